The third-order valence-electron chi connectivity index (χ3n) is 5.89. The number of pyridine rings is 1. The molecule has 5 rings (SSSR count). The zero-order valence-corrected chi connectivity index (χ0v) is 18.2. The molecule has 170 valence electrons. The van der Waals surface area contributed by atoms with Crippen molar-refractivity contribution in [2.45, 2.75) is 12.8 Å². The Hall–Kier alpha value is -4.46. The molecule has 3 amide bonds. The second kappa shape index (κ2) is 9.19. The van der Waals surface area contributed by atoms with Gasteiger partial charge in [0.25, 0.3) is 5.91 Å². The molecule has 1 fully saturated rings. The van der Waals surface area contributed by atoms with Gasteiger partial charge in [0.05, 0.1) is 17.5 Å². The molecule has 0 radical (unpaired) electrons. The minimum atomic E-state index is -0.385. The van der Waals surface area contributed by atoms with Crippen LogP contribution < -0.4 is 20.5 Å². The Morgan fingerprint density at radius 1 is 0.941 bits per heavy atom. The number of allylic oxidation sites excluding steroid dienone is 2. The van der Waals surface area contributed by atoms with Gasteiger partial charge in [-0.15, -0.1) is 0 Å². The Morgan fingerprint density at radius 2 is 1.65 bits per heavy atom. The van der Waals surface area contributed by atoms with Crippen LogP contribution in [-0.4, -0.2) is 22.7 Å². The lowest BCUT2D eigenvalue weighted by Crippen LogP contribution is -2.59. The van der Waals surface area contributed by atoms with Crippen LogP contribution in [0.4, 0.5) is 11.4 Å². The Bertz CT molecular complexity index is 1260. The Morgan fingerprint density at radius 3 is 2.41 bits per heavy atom. The highest BCUT2D eigenvalue weighted by Crippen LogP contribution is 2.32. The highest BCUT2D eigenvalue weighted by Gasteiger charge is 2.42. The van der Waals surface area contributed by atoms with E-state index in [4.69, 9.17) is 4.74 Å². The molecule has 2 atom stereocenters. The van der Waals surface area contributed by atoms with Crippen molar-refractivity contribution in [1.82, 2.24) is 10.4 Å². The number of carbonyl (C=O) groups excluding carboxylic acids is 3. The topological polar surface area (TPSA) is 101 Å². The fourth-order valence-corrected chi connectivity index (χ4v) is 4.12. The van der Waals surface area contributed by atoms with Crippen molar-refractivity contribution in [3.8, 4) is 11.5 Å². The second-order valence-electron chi connectivity index (χ2n) is 8.12. The molecule has 8 nitrogen and oxygen atoms in total. The number of ether oxygens (including phenoxy) is 1. The molecule has 34 heavy (non-hydrogen) atoms. The van der Waals surface area contributed by atoms with E-state index < -0.39 is 0 Å². The van der Waals surface area contributed by atoms with Crippen LogP contribution in [-0.2, 0) is 9.59 Å². The average molecular weight is 454 g/mol. The summed E-state index contributed by atoms with van der Waals surface area (Å²) in [6.07, 6.45) is 8.26. The number of anilines is 2. The molecule has 0 spiro atoms. The van der Waals surface area contributed by atoms with Crippen LogP contribution in [0.3, 0.4) is 0 Å². The molecule has 8 heteroatoms. The van der Waals surface area contributed by atoms with E-state index in [0.717, 1.165) is 0 Å². The number of hydrogen-bond acceptors (Lipinski definition) is 5. The Balaban J connectivity index is 1.28. The number of nitrogens with zero attached hydrogens (tertiary/aromatic N) is 2. The van der Waals surface area contributed by atoms with Crippen molar-refractivity contribution in [2.24, 2.45) is 11.8 Å². The maximum absolute atomic E-state index is 13.0. The zero-order chi connectivity index (χ0) is 23.5. The van der Waals surface area contributed by atoms with E-state index in [1.54, 1.807) is 73.1 Å². The van der Waals surface area contributed by atoms with Gasteiger partial charge in [0.15, 0.2) is 0 Å². The third kappa shape index (κ3) is 4.38. The van der Waals surface area contributed by atoms with Crippen LogP contribution in [0.25, 0.3) is 0 Å². The smallest absolute Gasteiger partial charge is 0.255 e. The van der Waals surface area contributed by atoms with Gasteiger partial charge in [0.1, 0.15) is 11.5 Å². The fraction of sp³-hybridized carbons (Fsp3) is 0.154. The molecule has 0 saturated carbocycles. The Labute approximate surface area is 196 Å². The van der Waals surface area contributed by atoms with Crippen LogP contribution >= 0.6 is 0 Å². The number of nitrogens with one attached hydrogen (secondary N) is 2. The predicted molar refractivity (Wildman–Crippen MR) is 126 cm³/mol. The van der Waals surface area contributed by atoms with E-state index in [1.165, 1.54) is 5.01 Å². The quantitative estimate of drug-likeness (QED) is 0.566. The van der Waals surface area contributed by atoms with E-state index in [9.17, 15) is 14.4 Å². The predicted octanol–water partition coefficient (Wildman–Crippen LogP) is 4.09. The van der Waals surface area contributed by atoms with Gasteiger partial charge in [-0.2, -0.15) is 0 Å². The maximum atomic E-state index is 13.0. The molecule has 2 N–H and O–H groups in total. The number of fused-ring (bicyclic) bond motifs is 1. The standard InChI is InChI=1S/C26H22N4O4/c31-24(28-18-8-10-20(11-9-18)34-21-12-14-27-15-13-21)17-4-3-5-19(16-17)30-26(33)23-7-2-1-6-22(23)25(32)29-30/h1-5,8-16,22-23H,6-7H2,(H,28,31)(H,29,32). The first-order chi connectivity index (χ1) is 16.6. The van der Waals surface area contributed by atoms with Gasteiger partial charge in [0, 0.05) is 23.6 Å². The van der Waals surface area contributed by atoms with Crippen molar-refractivity contribution >= 4 is 29.1 Å². The summed E-state index contributed by atoms with van der Waals surface area (Å²) in [5.74, 6) is -0.122. The summed E-state index contributed by atoms with van der Waals surface area (Å²) in [4.78, 5) is 42.3. The molecule has 1 aromatic heterocycles. The van der Waals surface area contributed by atoms with Gasteiger partial charge in [-0.3, -0.25) is 24.8 Å². The summed E-state index contributed by atoms with van der Waals surface area (Å²) in [7, 11) is 0. The molecule has 2 aromatic carbocycles. The van der Waals surface area contributed by atoms with Gasteiger partial charge in [-0.25, -0.2) is 5.01 Å². The highest BCUT2D eigenvalue weighted by molar-refractivity contribution is 6.07. The lowest BCUT2D eigenvalue weighted by atomic mass is 9.80. The SMILES string of the molecule is O=C(Nc1ccc(Oc2ccncc2)cc1)c1cccc(N2NC(=O)C3CC=CCC3C2=O)c1. The van der Waals surface area contributed by atoms with E-state index in [-0.39, 0.29) is 29.6 Å². The van der Waals surface area contributed by atoms with E-state index in [2.05, 4.69) is 15.7 Å². The van der Waals surface area contributed by atoms with Crippen molar-refractivity contribution in [1.29, 1.82) is 0 Å². The summed E-state index contributed by atoms with van der Waals surface area (Å²) < 4.78 is 5.73. The van der Waals surface area contributed by atoms with E-state index in [1.807, 2.05) is 12.2 Å². The normalized spacial score (nSPS) is 19.2. The summed E-state index contributed by atoms with van der Waals surface area (Å²) in [5, 5.41) is 4.09. The van der Waals surface area contributed by atoms with Crippen LogP contribution in [0.1, 0.15) is 23.2 Å². The van der Waals surface area contributed by atoms with Crippen LogP contribution in [0.15, 0.2) is 85.2 Å². The summed E-state index contributed by atoms with van der Waals surface area (Å²) in [6.45, 7) is 0. The average Bonchev–Trinajstić information content (AvgIpc) is 2.88. The number of carbonyl (C=O) groups is 3. The number of hydrazine groups is 1. The van der Waals surface area contributed by atoms with Gasteiger partial charge in [0.2, 0.25) is 11.8 Å². The van der Waals surface area contributed by atoms with Crippen LogP contribution in [0.2, 0.25) is 0 Å². The van der Waals surface area contributed by atoms with Crippen molar-refractivity contribution in [2.75, 3.05) is 10.3 Å². The molecule has 3 aromatic rings. The molecule has 2 unspecified atom stereocenters. The molecular formula is C26H22N4O4. The van der Waals surface area contributed by atoms with Crippen LogP contribution in [0, 0.1) is 11.8 Å². The minimum absolute atomic E-state index is 0.170. The monoisotopic (exact) mass is 454 g/mol. The lowest BCUT2D eigenvalue weighted by molar-refractivity contribution is -0.139. The van der Waals surface area contributed by atoms with Crippen molar-refractivity contribution in [3.05, 3.63) is 90.8 Å². The van der Waals surface area contributed by atoms with Gasteiger partial charge < -0.3 is 10.1 Å². The van der Waals surface area contributed by atoms with Gasteiger partial charge in [-0.1, -0.05) is 18.2 Å². The number of rotatable bonds is 5. The number of benzene rings is 2. The molecule has 1 saturated heterocycles. The zero-order valence-electron chi connectivity index (χ0n) is 18.2. The summed E-state index contributed by atoms with van der Waals surface area (Å²) >= 11 is 0. The molecule has 2 heterocycles. The molecule has 1 aliphatic carbocycles. The van der Waals surface area contributed by atoms with Crippen LogP contribution in [0.5, 0.6) is 11.5 Å². The molecule has 2 aliphatic rings. The summed E-state index contributed by atoms with van der Waals surface area (Å²) in [6, 6.07) is 17.1. The first-order valence-corrected chi connectivity index (χ1v) is 11.0. The highest BCUT2D eigenvalue weighted by atomic mass is 16.5. The third-order valence-corrected chi connectivity index (χ3v) is 5.89. The molecule has 1 aliphatic heterocycles. The number of amides is 3. The second-order valence-corrected chi connectivity index (χ2v) is 8.12. The first kappa shape index (κ1) is 21.4. The first-order valence-electron chi connectivity index (χ1n) is 11.0. The largest absolute Gasteiger partial charge is 0.457 e. The van der Waals surface area contributed by atoms with Crippen molar-refractivity contribution < 1.29 is 19.1 Å². The lowest BCUT2D eigenvalue weighted by Gasteiger charge is -2.38. The van der Waals surface area contributed by atoms with Gasteiger partial charge in [-0.05, 0) is 67.4 Å². The number of hydrogen-bond donors (Lipinski definition) is 2. The number of aromatic nitrogens is 1. The molecular weight excluding hydrogens is 432 g/mol. The minimum Gasteiger partial charge on any atom is -0.457 e. The van der Waals surface area contributed by atoms with Gasteiger partial charge >= 0.3 is 0 Å². The Kier molecular flexibility index (Phi) is 5.78. The van der Waals surface area contributed by atoms with E-state index in [0.29, 0.717) is 41.3 Å². The molecule has 0 bridgehead atoms. The van der Waals surface area contributed by atoms with E-state index >= 15 is 0 Å². The maximum Gasteiger partial charge on any atom is 0.255 e. The summed E-state index contributed by atoms with van der Waals surface area (Å²) in [5.41, 5.74) is 4.09. The van der Waals surface area contributed by atoms with Crippen molar-refractivity contribution in [3.63, 3.8) is 0 Å². The fourth-order valence-electron chi connectivity index (χ4n) is 4.12.